The normalized spacial score (nSPS) is 10.8. The van der Waals surface area contributed by atoms with Crippen LogP contribution in [0.2, 0.25) is 0 Å². The number of nitrogens with zero attached hydrogens (tertiary/aromatic N) is 3. The molecule has 8 nitrogen and oxygen atoms in total. The van der Waals surface area contributed by atoms with Crippen molar-refractivity contribution in [2.24, 2.45) is 0 Å². The Morgan fingerprint density at radius 3 is 2.52 bits per heavy atom. The lowest BCUT2D eigenvalue weighted by molar-refractivity contribution is -0.384. The van der Waals surface area contributed by atoms with Crippen molar-refractivity contribution < 1.29 is 18.9 Å². The van der Waals surface area contributed by atoms with Gasteiger partial charge in [0.15, 0.2) is 6.61 Å². The number of carbonyl (C=O) groups is 1. The molecule has 1 heterocycles. The third-order valence-corrected chi connectivity index (χ3v) is 4.31. The number of ether oxygens (including phenoxy) is 1. The average Bonchev–Trinajstić information content (AvgIpc) is 3.21. The predicted molar refractivity (Wildman–Crippen MR) is 104 cm³/mol. The van der Waals surface area contributed by atoms with Gasteiger partial charge in [-0.05, 0) is 28.5 Å². The second kappa shape index (κ2) is 7.89. The molecule has 0 spiro atoms. The lowest BCUT2D eigenvalue weighted by Crippen LogP contribution is -2.08. The Labute approximate surface area is 164 Å². The van der Waals surface area contributed by atoms with Crippen LogP contribution in [0.4, 0.5) is 5.69 Å². The molecule has 0 radical (unpaired) electrons. The van der Waals surface area contributed by atoms with Gasteiger partial charge in [-0.15, -0.1) is 10.2 Å². The molecule has 4 rings (SSSR count). The van der Waals surface area contributed by atoms with Gasteiger partial charge in [0.05, 0.1) is 11.3 Å². The Kier molecular flexibility index (Phi) is 4.98. The molecule has 0 aliphatic rings. The number of hydrogen-bond donors (Lipinski definition) is 0. The lowest BCUT2D eigenvalue weighted by Gasteiger charge is -2.04. The van der Waals surface area contributed by atoms with Gasteiger partial charge >= 0.3 is 5.97 Å². The minimum atomic E-state index is -0.488. The number of rotatable bonds is 6. The number of non-ortho nitro benzene ring substituents is 1. The summed E-state index contributed by atoms with van der Waals surface area (Å²) in [4.78, 5) is 22.3. The van der Waals surface area contributed by atoms with E-state index in [1.165, 1.54) is 24.3 Å². The number of fused-ring (bicyclic) bond motifs is 1. The van der Waals surface area contributed by atoms with Gasteiger partial charge in [-0.2, -0.15) is 0 Å². The van der Waals surface area contributed by atoms with Crippen molar-refractivity contribution in [1.29, 1.82) is 0 Å². The highest BCUT2D eigenvalue weighted by atomic mass is 16.6. The quantitative estimate of drug-likeness (QED) is 0.278. The van der Waals surface area contributed by atoms with E-state index in [4.69, 9.17) is 9.15 Å². The molecule has 0 unspecified atom stereocenters. The largest absolute Gasteiger partial charge is 0.455 e. The van der Waals surface area contributed by atoms with Crippen molar-refractivity contribution in [3.63, 3.8) is 0 Å². The van der Waals surface area contributed by atoms with E-state index in [-0.39, 0.29) is 30.5 Å². The molecule has 29 heavy (non-hydrogen) atoms. The van der Waals surface area contributed by atoms with Gasteiger partial charge in [-0.3, -0.25) is 14.9 Å². The molecule has 0 aliphatic heterocycles. The Morgan fingerprint density at radius 2 is 1.76 bits per heavy atom. The summed E-state index contributed by atoms with van der Waals surface area (Å²) in [6, 6.07) is 19.4. The number of hydrogen-bond acceptors (Lipinski definition) is 7. The van der Waals surface area contributed by atoms with Crippen molar-refractivity contribution >= 4 is 22.4 Å². The molecule has 0 saturated heterocycles. The molecular formula is C21H15N3O5. The number of nitro groups is 1. The molecule has 0 N–H and O–H groups in total. The van der Waals surface area contributed by atoms with Crippen LogP contribution in [0.5, 0.6) is 0 Å². The van der Waals surface area contributed by atoms with Crippen LogP contribution in [-0.2, 0) is 22.6 Å². The maximum absolute atomic E-state index is 12.1. The van der Waals surface area contributed by atoms with Crippen molar-refractivity contribution in [2.45, 2.75) is 13.0 Å². The molecular weight excluding hydrogens is 374 g/mol. The van der Waals surface area contributed by atoms with Gasteiger partial charge in [-0.25, -0.2) is 0 Å². The Hall–Kier alpha value is -4.07. The zero-order valence-electron chi connectivity index (χ0n) is 15.1. The first-order chi connectivity index (χ1) is 14.1. The molecule has 0 amide bonds. The molecule has 0 saturated carbocycles. The molecule has 0 bridgehead atoms. The van der Waals surface area contributed by atoms with Gasteiger partial charge in [0, 0.05) is 17.7 Å². The van der Waals surface area contributed by atoms with Crippen molar-refractivity contribution in [3.05, 3.63) is 88.3 Å². The maximum Gasteiger partial charge on any atom is 0.310 e. The minimum Gasteiger partial charge on any atom is -0.455 e. The smallest absolute Gasteiger partial charge is 0.310 e. The third-order valence-electron chi connectivity index (χ3n) is 4.31. The lowest BCUT2D eigenvalue weighted by atomic mass is 10.1. The average molecular weight is 389 g/mol. The van der Waals surface area contributed by atoms with E-state index < -0.39 is 10.9 Å². The topological polar surface area (TPSA) is 108 Å². The summed E-state index contributed by atoms with van der Waals surface area (Å²) < 4.78 is 10.7. The first-order valence-electron chi connectivity index (χ1n) is 8.79. The second-order valence-corrected chi connectivity index (χ2v) is 6.32. The third kappa shape index (κ3) is 4.27. The van der Waals surface area contributed by atoms with E-state index in [1.807, 2.05) is 42.5 Å². The standard InChI is InChI=1S/C21H15N3O5/c25-20(12-14-5-6-15-3-1-2-4-17(15)11-14)28-13-19-22-23-21(29-19)16-7-9-18(10-8-16)24(26)27/h1-11H,12-13H2. The van der Waals surface area contributed by atoms with Gasteiger partial charge < -0.3 is 9.15 Å². The van der Waals surface area contributed by atoms with E-state index in [0.717, 1.165) is 16.3 Å². The molecule has 0 fully saturated rings. The summed E-state index contributed by atoms with van der Waals surface area (Å²) in [5, 5.41) is 20.6. The summed E-state index contributed by atoms with van der Waals surface area (Å²) in [7, 11) is 0. The summed E-state index contributed by atoms with van der Waals surface area (Å²) in [6.07, 6.45) is 0.133. The zero-order chi connectivity index (χ0) is 20.2. The summed E-state index contributed by atoms with van der Waals surface area (Å²) in [5.41, 5.74) is 1.36. The van der Waals surface area contributed by atoms with Gasteiger partial charge in [-0.1, -0.05) is 42.5 Å². The number of esters is 1. The van der Waals surface area contributed by atoms with Crippen molar-refractivity contribution in [3.8, 4) is 11.5 Å². The molecule has 1 aromatic heterocycles. The zero-order valence-corrected chi connectivity index (χ0v) is 15.1. The summed E-state index contributed by atoms with van der Waals surface area (Å²) in [5.74, 6) is -0.0685. The Morgan fingerprint density at radius 1 is 1.00 bits per heavy atom. The van der Waals surface area contributed by atoms with E-state index in [9.17, 15) is 14.9 Å². The highest BCUT2D eigenvalue weighted by Gasteiger charge is 2.13. The van der Waals surface area contributed by atoms with Crippen LogP contribution in [0.15, 0.2) is 71.1 Å². The molecule has 4 aromatic rings. The van der Waals surface area contributed by atoms with Crippen LogP contribution in [0.3, 0.4) is 0 Å². The first-order valence-corrected chi connectivity index (χ1v) is 8.79. The fourth-order valence-corrected chi connectivity index (χ4v) is 2.86. The van der Waals surface area contributed by atoms with Crippen LogP contribution in [0.1, 0.15) is 11.5 Å². The Bertz CT molecular complexity index is 1180. The minimum absolute atomic E-state index is 0.0314. The SMILES string of the molecule is O=C(Cc1ccc2ccccc2c1)OCc1nnc(-c2ccc([N+](=O)[O-])cc2)o1. The van der Waals surface area contributed by atoms with E-state index in [0.29, 0.717) is 5.56 Å². The predicted octanol–water partition coefficient (Wildman–Crippen LogP) is 4.08. The summed E-state index contributed by atoms with van der Waals surface area (Å²) >= 11 is 0. The number of aromatic nitrogens is 2. The number of carbonyl (C=O) groups excluding carboxylic acids is 1. The molecule has 8 heteroatoms. The molecule has 0 aliphatic carbocycles. The van der Waals surface area contributed by atoms with Crippen LogP contribution < -0.4 is 0 Å². The second-order valence-electron chi connectivity index (χ2n) is 6.32. The van der Waals surface area contributed by atoms with Crippen LogP contribution in [-0.4, -0.2) is 21.1 Å². The van der Waals surface area contributed by atoms with Crippen molar-refractivity contribution in [1.82, 2.24) is 10.2 Å². The van der Waals surface area contributed by atoms with Crippen LogP contribution in [0, 0.1) is 10.1 Å². The number of benzene rings is 3. The molecule has 144 valence electrons. The highest BCUT2D eigenvalue weighted by molar-refractivity contribution is 5.84. The fourth-order valence-electron chi connectivity index (χ4n) is 2.86. The molecule has 3 aromatic carbocycles. The van der Waals surface area contributed by atoms with E-state index in [1.54, 1.807) is 0 Å². The van der Waals surface area contributed by atoms with Gasteiger partial charge in [0.1, 0.15) is 0 Å². The van der Waals surface area contributed by atoms with Gasteiger partial charge in [0.25, 0.3) is 11.6 Å². The fraction of sp³-hybridized carbons (Fsp3) is 0.0952. The first kappa shape index (κ1) is 18.3. The number of nitro benzene ring substituents is 1. The molecule has 0 atom stereocenters. The van der Waals surface area contributed by atoms with Crippen LogP contribution >= 0.6 is 0 Å². The van der Waals surface area contributed by atoms with Crippen molar-refractivity contribution in [2.75, 3.05) is 0 Å². The summed E-state index contributed by atoms with van der Waals surface area (Å²) in [6.45, 7) is -0.146. The van der Waals surface area contributed by atoms with Crippen LogP contribution in [0.25, 0.3) is 22.2 Å². The Balaban J connectivity index is 1.36. The maximum atomic E-state index is 12.1. The highest BCUT2D eigenvalue weighted by Crippen LogP contribution is 2.21. The van der Waals surface area contributed by atoms with Gasteiger partial charge in [0.2, 0.25) is 5.89 Å². The van der Waals surface area contributed by atoms with E-state index >= 15 is 0 Å². The van der Waals surface area contributed by atoms with E-state index in [2.05, 4.69) is 10.2 Å². The monoisotopic (exact) mass is 389 g/mol.